The highest BCUT2D eigenvalue weighted by Gasteiger charge is 2.65. The third kappa shape index (κ3) is 3.92. The Bertz CT molecular complexity index is 927. The summed E-state index contributed by atoms with van der Waals surface area (Å²) in [6.07, 6.45) is -0.578. The molecule has 0 aromatic carbocycles. The van der Waals surface area contributed by atoms with Crippen LogP contribution in [0.25, 0.3) is 0 Å². The SMILES string of the molecule is CC(=N)c1ccc([C@]2(C#N)O[C@H](CO[Si](C)(C)C(C)(C)C)[C@H]3OC(C)(C)O[C@H]32)n1C=N. The molecule has 170 valence electrons. The van der Waals surface area contributed by atoms with Gasteiger partial charge in [0.15, 0.2) is 14.1 Å². The molecule has 0 spiro atoms. The predicted octanol–water partition coefficient (Wildman–Crippen LogP) is 3.99. The van der Waals surface area contributed by atoms with Gasteiger partial charge in [0.05, 0.1) is 30.0 Å². The predicted molar refractivity (Wildman–Crippen MR) is 120 cm³/mol. The fraction of sp³-hybridized carbons (Fsp3) is 0.682. The van der Waals surface area contributed by atoms with Crippen molar-refractivity contribution in [3.63, 3.8) is 0 Å². The highest BCUT2D eigenvalue weighted by molar-refractivity contribution is 6.74. The molecular weight excluding hydrogens is 412 g/mol. The van der Waals surface area contributed by atoms with Crippen LogP contribution in [0.2, 0.25) is 18.1 Å². The van der Waals surface area contributed by atoms with Crippen molar-refractivity contribution in [1.29, 1.82) is 16.1 Å². The van der Waals surface area contributed by atoms with E-state index in [1.807, 2.05) is 13.8 Å². The quantitative estimate of drug-likeness (QED) is 0.390. The minimum atomic E-state index is -2.05. The van der Waals surface area contributed by atoms with Gasteiger partial charge >= 0.3 is 0 Å². The summed E-state index contributed by atoms with van der Waals surface area (Å²) in [5.41, 5.74) is -0.207. The van der Waals surface area contributed by atoms with Crippen LogP contribution >= 0.6 is 0 Å². The Hall–Kier alpha value is -1.83. The zero-order valence-electron chi connectivity index (χ0n) is 19.7. The number of hydrogen-bond donors (Lipinski definition) is 2. The van der Waals surface area contributed by atoms with E-state index in [1.54, 1.807) is 19.1 Å². The maximum absolute atomic E-state index is 10.3. The van der Waals surface area contributed by atoms with Crippen LogP contribution in [0, 0.1) is 22.1 Å². The van der Waals surface area contributed by atoms with Crippen LogP contribution in [-0.2, 0) is 24.2 Å². The number of nitriles is 1. The molecule has 0 unspecified atom stereocenters. The second-order valence-electron chi connectivity index (χ2n) is 10.3. The van der Waals surface area contributed by atoms with E-state index in [0.29, 0.717) is 23.7 Å². The molecule has 3 rings (SSSR count). The van der Waals surface area contributed by atoms with Gasteiger partial charge in [-0.05, 0) is 51.0 Å². The van der Waals surface area contributed by atoms with E-state index >= 15 is 0 Å². The third-order valence-electron chi connectivity index (χ3n) is 6.63. The first-order valence-electron chi connectivity index (χ1n) is 10.6. The minimum absolute atomic E-state index is 0.0366. The van der Waals surface area contributed by atoms with Crippen LogP contribution in [0.1, 0.15) is 52.9 Å². The normalized spacial score (nSPS) is 30.1. The van der Waals surface area contributed by atoms with Gasteiger partial charge in [-0.3, -0.25) is 9.98 Å². The van der Waals surface area contributed by atoms with E-state index < -0.39 is 38.0 Å². The van der Waals surface area contributed by atoms with Crippen LogP contribution in [0.15, 0.2) is 12.1 Å². The number of nitrogens with zero attached hydrogens (tertiary/aromatic N) is 2. The van der Waals surface area contributed by atoms with E-state index in [2.05, 4.69) is 39.9 Å². The van der Waals surface area contributed by atoms with Gasteiger partial charge in [-0.2, -0.15) is 5.26 Å². The third-order valence-corrected chi connectivity index (χ3v) is 11.1. The molecule has 31 heavy (non-hydrogen) atoms. The Morgan fingerprint density at radius 3 is 2.45 bits per heavy atom. The molecule has 2 aliphatic heterocycles. The van der Waals surface area contributed by atoms with Gasteiger partial charge in [0.25, 0.3) is 0 Å². The second kappa shape index (κ2) is 7.64. The zero-order chi connectivity index (χ0) is 23.4. The molecule has 0 radical (unpaired) electrons. The van der Waals surface area contributed by atoms with Crippen LogP contribution in [0.5, 0.6) is 0 Å². The molecule has 2 saturated heterocycles. The molecule has 2 aliphatic rings. The molecule has 0 aliphatic carbocycles. The van der Waals surface area contributed by atoms with E-state index in [9.17, 15) is 5.26 Å². The Morgan fingerprint density at radius 1 is 1.29 bits per heavy atom. The molecule has 2 fully saturated rings. The lowest BCUT2D eigenvalue weighted by Crippen LogP contribution is -2.44. The summed E-state index contributed by atoms with van der Waals surface area (Å²) in [4.78, 5) is 0. The molecule has 1 aromatic heterocycles. The van der Waals surface area contributed by atoms with Gasteiger partial charge in [-0.15, -0.1) is 0 Å². The number of fused-ring (bicyclic) bond motifs is 1. The number of rotatable bonds is 6. The lowest BCUT2D eigenvalue weighted by Gasteiger charge is -2.37. The monoisotopic (exact) mass is 446 g/mol. The van der Waals surface area contributed by atoms with E-state index in [1.165, 1.54) is 4.57 Å². The average molecular weight is 447 g/mol. The highest BCUT2D eigenvalue weighted by atomic mass is 28.4. The molecular formula is C22H34N4O4Si. The lowest BCUT2D eigenvalue weighted by molar-refractivity contribution is -0.204. The fourth-order valence-electron chi connectivity index (χ4n) is 3.93. The van der Waals surface area contributed by atoms with Gasteiger partial charge in [0.2, 0.25) is 5.60 Å². The Morgan fingerprint density at radius 2 is 1.94 bits per heavy atom. The minimum Gasteiger partial charge on any atom is -0.414 e. The van der Waals surface area contributed by atoms with Crippen molar-refractivity contribution >= 4 is 20.4 Å². The average Bonchev–Trinajstić information content (AvgIpc) is 3.29. The van der Waals surface area contributed by atoms with Crippen LogP contribution < -0.4 is 0 Å². The van der Waals surface area contributed by atoms with Gasteiger partial charge in [0.1, 0.15) is 24.4 Å². The van der Waals surface area contributed by atoms with Gasteiger partial charge in [-0.25, -0.2) is 0 Å². The summed E-state index contributed by atoms with van der Waals surface area (Å²) in [5, 5.41) is 26.3. The molecule has 9 heteroatoms. The molecule has 4 atom stereocenters. The van der Waals surface area contributed by atoms with Crippen molar-refractivity contribution < 1.29 is 18.6 Å². The van der Waals surface area contributed by atoms with Crippen LogP contribution in [0.4, 0.5) is 0 Å². The van der Waals surface area contributed by atoms with Crippen molar-refractivity contribution in [3.05, 3.63) is 23.5 Å². The number of nitrogens with one attached hydrogen (secondary N) is 2. The van der Waals surface area contributed by atoms with Crippen molar-refractivity contribution in [2.24, 2.45) is 0 Å². The largest absolute Gasteiger partial charge is 0.414 e. The van der Waals surface area contributed by atoms with Crippen molar-refractivity contribution in [2.45, 2.75) is 89.4 Å². The molecule has 0 bridgehead atoms. The second-order valence-corrected chi connectivity index (χ2v) is 15.1. The van der Waals surface area contributed by atoms with E-state index in [4.69, 9.17) is 29.5 Å². The van der Waals surface area contributed by atoms with Gasteiger partial charge in [0, 0.05) is 0 Å². The molecule has 2 N–H and O–H groups in total. The number of aromatic nitrogens is 1. The zero-order valence-corrected chi connectivity index (χ0v) is 20.7. The molecule has 1 aromatic rings. The summed E-state index contributed by atoms with van der Waals surface area (Å²) in [6.45, 7) is 16.4. The first-order valence-corrected chi connectivity index (χ1v) is 13.5. The van der Waals surface area contributed by atoms with Crippen LogP contribution in [-0.4, -0.2) is 55.6 Å². The fourth-order valence-corrected chi connectivity index (χ4v) is 4.95. The van der Waals surface area contributed by atoms with Crippen molar-refractivity contribution in [2.75, 3.05) is 6.61 Å². The highest BCUT2D eigenvalue weighted by Crippen LogP contribution is 2.49. The summed E-state index contributed by atoms with van der Waals surface area (Å²) in [7, 11) is -2.05. The Labute approximate surface area is 185 Å². The molecule has 3 heterocycles. The summed E-state index contributed by atoms with van der Waals surface area (Å²) in [6, 6.07) is 5.77. The molecule has 0 saturated carbocycles. The topological polar surface area (TPSA) is 113 Å². The van der Waals surface area contributed by atoms with E-state index in [0.717, 1.165) is 6.34 Å². The Balaban J connectivity index is 2.02. The first kappa shape index (κ1) is 23.8. The number of ether oxygens (including phenoxy) is 3. The van der Waals surface area contributed by atoms with Crippen molar-refractivity contribution in [1.82, 2.24) is 4.57 Å². The first-order chi connectivity index (χ1) is 14.2. The summed E-state index contributed by atoms with van der Waals surface area (Å²) >= 11 is 0. The van der Waals surface area contributed by atoms with Crippen LogP contribution in [0.3, 0.4) is 0 Å². The Kier molecular flexibility index (Phi) is 5.87. The standard InChI is InChI=1S/C22H34N4O4Si/c1-14(25)15-9-10-17(26(15)13-24)22(12-23)19-18(29-21(5,6)30-19)16(28-22)11-27-31(7,8)20(2,3)4/h9-10,13,16,18-19,24-25H,11H2,1-8H3/t16-,18-,19-,22+/m1/s1. The van der Waals surface area contributed by atoms with Gasteiger partial charge in [-0.1, -0.05) is 20.8 Å². The summed E-state index contributed by atoms with van der Waals surface area (Å²) in [5.74, 6) is -0.876. The van der Waals surface area contributed by atoms with Gasteiger partial charge < -0.3 is 24.0 Å². The van der Waals surface area contributed by atoms with Crippen molar-refractivity contribution in [3.8, 4) is 6.07 Å². The number of hydrogen-bond acceptors (Lipinski definition) is 7. The molecule has 8 nitrogen and oxygen atoms in total. The maximum Gasteiger partial charge on any atom is 0.224 e. The molecule has 0 amide bonds. The summed E-state index contributed by atoms with van der Waals surface area (Å²) < 4.78 is 26.6. The smallest absolute Gasteiger partial charge is 0.224 e. The lowest BCUT2D eigenvalue weighted by atomic mass is 9.92. The maximum atomic E-state index is 10.3. The van der Waals surface area contributed by atoms with E-state index in [-0.39, 0.29) is 5.04 Å².